The molecule has 2 aromatic rings. The van der Waals surface area contributed by atoms with Gasteiger partial charge in [-0.3, -0.25) is 0 Å². The van der Waals surface area contributed by atoms with Crippen LogP contribution in [-0.2, 0) is 11.8 Å². The molecule has 0 atom stereocenters. The van der Waals surface area contributed by atoms with Crippen LogP contribution in [-0.4, -0.2) is 10.2 Å². The van der Waals surface area contributed by atoms with Crippen molar-refractivity contribution in [1.82, 2.24) is 10.2 Å². The fourth-order valence-electron chi connectivity index (χ4n) is 3.73. The highest BCUT2D eigenvalue weighted by molar-refractivity contribution is 5.55. The Labute approximate surface area is 169 Å². The van der Waals surface area contributed by atoms with Crippen LogP contribution in [0.1, 0.15) is 94.6 Å². The van der Waals surface area contributed by atoms with E-state index in [0.29, 0.717) is 11.8 Å². The first-order valence-electron chi connectivity index (χ1n) is 11.0. The van der Waals surface area contributed by atoms with Crippen LogP contribution in [0.25, 0.3) is 11.5 Å². The maximum Gasteiger partial charge on any atom is 0.247 e. The number of unbranched alkanes of at least 4 members (excludes halogenated alkanes) is 8. The number of aromatic nitrogens is 2. The van der Waals surface area contributed by atoms with Crippen LogP contribution in [0.5, 0.6) is 0 Å². The Morgan fingerprint density at radius 3 is 2.32 bits per heavy atom. The predicted octanol–water partition coefficient (Wildman–Crippen LogP) is 6.67. The molecule has 150 valence electrons. The molecule has 0 amide bonds. The highest BCUT2D eigenvalue weighted by Crippen LogP contribution is 2.47. The normalized spacial score (nSPS) is 14.8. The van der Waals surface area contributed by atoms with Gasteiger partial charge >= 0.3 is 0 Å². The molecule has 0 bridgehead atoms. The van der Waals surface area contributed by atoms with Gasteiger partial charge in [0, 0.05) is 5.56 Å². The Morgan fingerprint density at radius 2 is 1.68 bits per heavy atom. The predicted molar refractivity (Wildman–Crippen MR) is 112 cm³/mol. The summed E-state index contributed by atoms with van der Waals surface area (Å²) in [6, 6.07) is 8.68. The molecule has 1 saturated carbocycles. The van der Waals surface area contributed by atoms with E-state index in [0.717, 1.165) is 24.8 Å². The van der Waals surface area contributed by atoms with Gasteiger partial charge < -0.3 is 4.42 Å². The second-order valence-electron chi connectivity index (χ2n) is 8.33. The molecule has 1 aromatic heterocycles. The monoisotopic (exact) mass is 379 g/mol. The number of nitriles is 1. The van der Waals surface area contributed by atoms with Crippen molar-refractivity contribution in [3.05, 3.63) is 35.2 Å². The molecule has 0 N–H and O–H groups in total. The van der Waals surface area contributed by atoms with Gasteiger partial charge in [-0.15, -0.1) is 10.2 Å². The third kappa shape index (κ3) is 5.22. The van der Waals surface area contributed by atoms with E-state index in [4.69, 9.17) is 4.42 Å². The van der Waals surface area contributed by atoms with Crippen molar-refractivity contribution in [3.8, 4) is 17.5 Å². The number of benzene rings is 1. The summed E-state index contributed by atoms with van der Waals surface area (Å²) in [5.74, 6) is 1.01. The van der Waals surface area contributed by atoms with Gasteiger partial charge in [-0.05, 0) is 55.9 Å². The summed E-state index contributed by atoms with van der Waals surface area (Å²) in [6.45, 7) is 4.44. The van der Waals surface area contributed by atoms with Gasteiger partial charge in [0.05, 0.1) is 6.07 Å². The molecule has 3 rings (SSSR count). The third-order valence-corrected chi connectivity index (χ3v) is 5.94. The number of hydrogen-bond acceptors (Lipinski definition) is 4. The average Bonchev–Trinajstić information content (AvgIpc) is 3.36. The standard InChI is InChI=1S/C24H33N3O/c1-3-4-5-6-7-8-9-10-11-12-20-17-21(14-13-19(20)2)22-26-27-23(28-22)24(18-25)15-16-24/h13-14,17H,3-12,15-16H2,1-2H3. The second-order valence-corrected chi connectivity index (χ2v) is 8.33. The first-order valence-corrected chi connectivity index (χ1v) is 11.0. The SMILES string of the molecule is CCCCCCCCCCCc1cc(-c2nnc(C3(C#N)CC3)o2)ccc1C. The molecule has 0 unspecified atom stereocenters. The maximum absolute atomic E-state index is 9.31. The van der Waals surface area contributed by atoms with Crippen molar-refractivity contribution in [1.29, 1.82) is 5.26 Å². The molecule has 1 aliphatic carbocycles. The topological polar surface area (TPSA) is 62.7 Å². The zero-order valence-corrected chi connectivity index (χ0v) is 17.5. The third-order valence-electron chi connectivity index (χ3n) is 5.94. The number of hydrogen-bond donors (Lipinski definition) is 0. The zero-order valence-electron chi connectivity index (χ0n) is 17.5. The van der Waals surface area contributed by atoms with E-state index in [1.165, 1.54) is 68.9 Å². The summed E-state index contributed by atoms with van der Waals surface area (Å²) in [5.41, 5.74) is 3.12. The second kappa shape index (κ2) is 9.87. The molecule has 1 fully saturated rings. The molecular weight excluding hydrogens is 346 g/mol. The maximum atomic E-state index is 9.31. The minimum absolute atomic E-state index is 0.478. The Kier molecular flexibility index (Phi) is 7.25. The van der Waals surface area contributed by atoms with Crippen LogP contribution in [0.4, 0.5) is 0 Å². The highest BCUT2D eigenvalue weighted by Gasteiger charge is 2.50. The molecule has 0 radical (unpaired) electrons. The Bertz CT molecular complexity index is 798. The zero-order chi connectivity index (χ0) is 19.8. The molecule has 0 spiro atoms. The van der Waals surface area contributed by atoms with Crippen LogP contribution in [0.15, 0.2) is 22.6 Å². The Morgan fingerprint density at radius 1 is 1.00 bits per heavy atom. The Hall–Kier alpha value is -2.15. The van der Waals surface area contributed by atoms with Gasteiger partial charge in [-0.2, -0.15) is 5.26 Å². The Balaban J connectivity index is 1.48. The molecule has 28 heavy (non-hydrogen) atoms. The molecule has 1 heterocycles. The van der Waals surface area contributed by atoms with E-state index >= 15 is 0 Å². The summed E-state index contributed by atoms with van der Waals surface area (Å²) in [6.07, 6.45) is 14.9. The molecule has 1 aromatic carbocycles. The smallest absolute Gasteiger partial charge is 0.247 e. The summed E-state index contributed by atoms with van der Waals surface area (Å²) in [5, 5.41) is 17.6. The number of rotatable bonds is 12. The minimum atomic E-state index is -0.519. The van der Waals surface area contributed by atoms with Crippen molar-refractivity contribution in [2.45, 2.75) is 96.3 Å². The van der Waals surface area contributed by atoms with Crippen LogP contribution >= 0.6 is 0 Å². The van der Waals surface area contributed by atoms with Gasteiger partial charge in [-0.25, -0.2) is 0 Å². The largest absolute Gasteiger partial charge is 0.419 e. The summed E-state index contributed by atoms with van der Waals surface area (Å²) < 4.78 is 5.84. The highest BCUT2D eigenvalue weighted by atomic mass is 16.4. The van der Waals surface area contributed by atoms with Crippen molar-refractivity contribution < 1.29 is 4.42 Å². The first-order chi connectivity index (χ1) is 13.7. The van der Waals surface area contributed by atoms with E-state index in [-0.39, 0.29) is 0 Å². The van der Waals surface area contributed by atoms with E-state index in [1.54, 1.807) is 0 Å². The fraction of sp³-hybridized carbons (Fsp3) is 0.625. The van der Waals surface area contributed by atoms with Crippen molar-refractivity contribution in [2.24, 2.45) is 0 Å². The quantitative estimate of drug-likeness (QED) is 0.386. The van der Waals surface area contributed by atoms with Gasteiger partial charge in [0.1, 0.15) is 5.41 Å². The summed E-state index contributed by atoms with van der Waals surface area (Å²) >= 11 is 0. The van der Waals surface area contributed by atoms with Gasteiger partial charge in [-0.1, -0.05) is 64.4 Å². The van der Waals surface area contributed by atoms with Gasteiger partial charge in [0.15, 0.2) is 0 Å². The lowest BCUT2D eigenvalue weighted by molar-refractivity contribution is 0.481. The van der Waals surface area contributed by atoms with Crippen LogP contribution in [0.3, 0.4) is 0 Å². The van der Waals surface area contributed by atoms with Crippen molar-refractivity contribution >= 4 is 0 Å². The van der Waals surface area contributed by atoms with E-state index in [1.807, 2.05) is 6.07 Å². The lowest BCUT2D eigenvalue weighted by Crippen LogP contribution is -2.02. The van der Waals surface area contributed by atoms with Crippen LogP contribution in [0.2, 0.25) is 0 Å². The van der Waals surface area contributed by atoms with Crippen molar-refractivity contribution in [2.75, 3.05) is 0 Å². The van der Waals surface area contributed by atoms with Crippen LogP contribution in [0, 0.1) is 18.3 Å². The van der Waals surface area contributed by atoms with Gasteiger partial charge in [0.25, 0.3) is 0 Å². The van der Waals surface area contributed by atoms with E-state index in [2.05, 4.69) is 42.2 Å². The molecule has 4 nitrogen and oxygen atoms in total. The lowest BCUT2D eigenvalue weighted by Gasteiger charge is -2.08. The number of aryl methyl sites for hydroxylation is 2. The summed E-state index contributed by atoms with van der Waals surface area (Å²) in [7, 11) is 0. The van der Waals surface area contributed by atoms with E-state index in [9.17, 15) is 5.26 Å². The van der Waals surface area contributed by atoms with E-state index < -0.39 is 5.41 Å². The van der Waals surface area contributed by atoms with Crippen molar-refractivity contribution in [3.63, 3.8) is 0 Å². The average molecular weight is 380 g/mol. The molecule has 1 aliphatic rings. The van der Waals surface area contributed by atoms with Crippen LogP contribution < -0.4 is 0 Å². The minimum Gasteiger partial charge on any atom is -0.419 e. The molecule has 0 saturated heterocycles. The number of nitrogens with zero attached hydrogens (tertiary/aromatic N) is 3. The lowest BCUT2D eigenvalue weighted by atomic mass is 9.98. The molecule has 4 heteroatoms. The molecular formula is C24H33N3O. The fourth-order valence-corrected chi connectivity index (χ4v) is 3.73. The first kappa shape index (κ1) is 20.6. The summed E-state index contributed by atoms with van der Waals surface area (Å²) in [4.78, 5) is 0. The van der Waals surface area contributed by atoms with Gasteiger partial charge in [0.2, 0.25) is 11.8 Å². The molecule has 0 aliphatic heterocycles.